The number of halogens is 3. The van der Waals surface area contributed by atoms with Gasteiger partial charge in [0.1, 0.15) is 5.54 Å². The van der Waals surface area contributed by atoms with Gasteiger partial charge >= 0.3 is 12.1 Å². The minimum absolute atomic E-state index is 0.0516. The molecule has 124 valence electrons. The summed E-state index contributed by atoms with van der Waals surface area (Å²) in [6, 6.07) is -0.235. The summed E-state index contributed by atoms with van der Waals surface area (Å²) in [5.74, 6) is -0.388. The lowest BCUT2D eigenvalue weighted by Crippen LogP contribution is -2.60. The van der Waals surface area contributed by atoms with E-state index in [4.69, 9.17) is 4.74 Å². The molecule has 1 aliphatic rings. The lowest BCUT2D eigenvalue weighted by atomic mass is 9.78. The molecule has 0 aromatic rings. The molecule has 0 aliphatic heterocycles. The highest BCUT2D eigenvalue weighted by Gasteiger charge is 2.46. The van der Waals surface area contributed by atoms with Crippen molar-refractivity contribution in [2.75, 3.05) is 20.7 Å². The van der Waals surface area contributed by atoms with Crippen LogP contribution in [0.1, 0.15) is 39.5 Å². The van der Waals surface area contributed by atoms with Gasteiger partial charge in [-0.1, -0.05) is 0 Å². The Kier molecular flexibility index (Phi) is 6.04. The van der Waals surface area contributed by atoms with Gasteiger partial charge in [-0.3, -0.25) is 15.0 Å². The van der Waals surface area contributed by atoms with Crippen LogP contribution in [0.5, 0.6) is 0 Å². The lowest BCUT2D eigenvalue weighted by molar-refractivity contribution is -0.156. The van der Waals surface area contributed by atoms with E-state index in [-0.39, 0.29) is 18.1 Å². The highest BCUT2D eigenvalue weighted by atomic mass is 19.4. The molecule has 0 spiro atoms. The Morgan fingerprint density at radius 1 is 1.48 bits per heavy atom. The smallest absolute Gasteiger partial charge is 0.401 e. The summed E-state index contributed by atoms with van der Waals surface area (Å²) >= 11 is 0. The Bertz CT molecular complexity index is 361. The van der Waals surface area contributed by atoms with Crippen LogP contribution in [0.4, 0.5) is 13.2 Å². The number of hydrogen-bond acceptors (Lipinski definition) is 4. The van der Waals surface area contributed by atoms with Crippen molar-refractivity contribution in [1.29, 1.82) is 0 Å². The molecule has 0 radical (unpaired) electrons. The topological polar surface area (TPSA) is 41.6 Å². The van der Waals surface area contributed by atoms with Crippen LogP contribution in [-0.2, 0) is 9.53 Å². The number of nitrogens with one attached hydrogen (secondary N) is 1. The van der Waals surface area contributed by atoms with Crippen molar-refractivity contribution in [3.8, 4) is 0 Å². The van der Waals surface area contributed by atoms with Crippen LogP contribution in [0.25, 0.3) is 0 Å². The fraction of sp³-hybridized carbons (Fsp3) is 0.929. The van der Waals surface area contributed by atoms with Crippen molar-refractivity contribution >= 4 is 5.97 Å². The second-order valence-electron chi connectivity index (χ2n) is 6.15. The first kappa shape index (κ1) is 18.2. The fourth-order valence-electron chi connectivity index (χ4n) is 3.16. The Morgan fingerprint density at radius 3 is 2.57 bits per heavy atom. The average Bonchev–Trinajstić information content (AvgIpc) is 2.35. The predicted octanol–water partition coefficient (Wildman–Crippen LogP) is 2.33. The molecule has 21 heavy (non-hydrogen) atoms. The van der Waals surface area contributed by atoms with Crippen LogP contribution in [0.2, 0.25) is 0 Å². The second-order valence-corrected chi connectivity index (χ2v) is 6.15. The molecule has 0 aromatic heterocycles. The summed E-state index contributed by atoms with van der Waals surface area (Å²) in [7, 11) is 2.77. The molecule has 7 heteroatoms. The number of methoxy groups -OCH3 is 1. The van der Waals surface area contributed by atoms with E-state index in [0.717, 1.165) is 0 Å². The number of nitrogens with zero attached hydrogens (tertiary/aromatic N) is 1. The van der Waals surface area contributed by atoms with E-state index in [2.05, 4.69) is 5.32 Å². The van der Waals surface area contributed by atoms with Gasteiger partial charge in [-0.05, 0) is 46.6 Å². The van der Waals surface area contributed by atoms with E-state index in [0.29, 0.717) is 25.7 Å². The van der Waals surface area contributed by atoms with Crippen molar-refractivity contribution in [3.05, 3.63) is 0 Å². The lowest BCUT2D eigenvalue weighted by Gasteiger charge is -2.43. The molecule has 2 unspecified atom stereocenters. The molecule has 0 heterocycles. The molecular formula is C14H25F3N2O2. The maximum absolute atomic E-state index is 12.5. The standard InChI is InChI=1S/C14H25F3N2O2/c1-10(2)18-13(12(20)21-4)7-5-6-11(8-13)19(3)9-14(15,16)17/h10-11,18H,5-9H2,1-4H3. The van der Waals surface area contributed by atoms with Crippen molar-refractivity contribution in [1.82, 2.24) is 10.2 Å². The summed E-state index contributed by atoms with van der Waals surface area (Å²) in [5, 5.41) is 3.21. The number of carbonyl (C=O) groups is 1. The Hall–Kier alpha value is -0.820. The monoisotopic (exact) mass is 310 g/mol. The fourth-order valence-corrected chi connectivity index (χ4v) is 3.16. The Morgan fingerprint density at radius 2 is 2.10 bits per heavy atom. The highest BCUT2D eigenvalue weighted by Crippen LogP contribution is 2.33. The zero-order chi connectivity index (χ0) is 16.3. The minimum atomic E-state index is -4.23. The van der Waals surface area contributed by atoms with E-state index in [1.165, 1.54) is 19.1 Å². The normalized spacial score (nSPS) is 27.2. The number of alkyl halides is 3. The number of esters is 1. The summed E-state index contributed by atoms with van der Waals surface area (Å²) in [4.78, 5) is 13.4. The van der Waals surface area contributed by atoms with Gasteiger partial charge in [0.25, 0.3) is 0 Å². The average molecular weight is 310 g/mol. The van der Waals surface area contributed by atoms with Crippen molar-refractivity contribution in [2.24, 2.45) is 0 Å². The van der Waals surface area contributed by atoms with E-state index in [9.17, 15) is 18.0 Å². The van der Waals surface area contributed by atoms with Gasteiger partial charge in [-0.2, -0.15) is 13.2 Å². The summed E-state index contributed by atoms with van der Waals surface area (Å²) in [6.07, 6.45) is -1.95. The molecule has 4 nitrogen and oxygen atoms in total. The minimum Gasteiger partial charge on any atom is -0.468 e. The first-order valence-corrected chi connectivity index (χ1v) is 7.23. The van der Waals surface area contributed by atoms with Crippen molar-refractivity contribution < 1.29 is 22.7 Å². The number of ether oxygens (including phenoxy) is 1. The van der Waals surface area contributed by atoms with Gasteiger partial charge in [0.2, 0.25) is 0 Å². The van der Waals surface area contributed by atoms with E-state index in [1.807, 2.05) is 13.8 Å². The molecular weight excluding hydrogens is 285 g/mol. The van der Waals surface area contributed by atoms with Gasteiger partial charge in [-0.15, -0.1) is 0 Å². The first-order chi connectivity index (χ1) is 9.59. The van der Waals surface area contributed by atoms with Crippen LogP contribution < -0.4 is 5.32 Å². The quantitative estimate of drug-likeness (QED) is 0.792. The molecule has 0 amide bonds. The third kappa shape index (κ3) is 5.14. The molecule has 1 saturated carbocycles. The summed E-state index contributed by atoms with van der Waals surface area (Å²) < 4.78 is 42.5. The Balaban J connectivity index is 2.85. The number of hydrogen-bond donors (Lipinski definition) is 1. The zero-order valence-electron chi connectivity index (χ0n) is 13.1. The van der Waals surface area contributed by atoms with Gasteiger partial charge in [0, 0.05) is 12.1 Å². The predicted molar refractivity (Wildman–Crippen MR) is 74.0 cm³/mol. The SMILES string of the molecule is COC(=O)C1(NC(C)C)CCCC(N(C)CC(F)(F)F)C1. The summed E-state index contributed by atoms with van der Waals surface area (Å²) in [6.45, 7) is 2.86. The van der Waals surface area contributed by atoms with Crippen molar-refractivity contribution in [3.63, 3.8) is 0 Å². The molecule has 0 saturated heterocycles. The number of rotatable bonds is 5. The van der Waals surface area contributed by atoms with Gasteiger partial charge in [0.05, 0.1) is 13.7 Å². The molecule has 0 aromatic carbocycles. The zero-order valence-corrected chi connectivity index (χ0v) is 13.1. The molecule has 1 fully saturated rings. The first-order valence-electron chi connectivity index (χ1n) is 7.23. The third-order valence-electron chi connectivity index (χ3n) is 3.92. The van der Waals surface area contributed by atoms with Crippen LogP contribution in [0.15, 0.2) is 0 Å². The van der Waals surface area contributed by atoms with Gasteiger partial charge in [0.15, 0.2) is 0 Å². The van der Waals surface area contributed by atoms with Gasteiger partial charge in [-0.25, -0.2) is 0 Å². The molecule has 1 N–H and O–H groups in total. The van der Waals surface area contributed by atoms with E-state index < -0.39 is 18.3 Å². The van der Waals surface area contributed by atoms with Crippen molar-refractivity contribution in [2.45, 2.75) is 63.3 Å². The molecule has 1 aliphatic carbocycles. The maximum atomic E-state index is 12.5. The van der Waals surface area contributed by atoms with E-state index in [1.54, 1.807) is 0 Å². The summed E-state index contributed by atoms with van der Waals surface area (Å²) in [5.41, 5.74) is -0.883. The van der Waals surface area contributed by atoms with E-state index >= 15 is 0 Å². The molecule has 1 rings (SSSR count). The van der Waals surface area contributed by atoms with Crippen LogP contribution in [0.3, 0.4) is 0 Å². The van der Waals surface area contributed by atoms with Crippen LogP contribution in [-0.4, -0.2) is 55.4 Å². The highest BCUT2D eigenvalue weighted by molar-refractivity contribution is 5.81. The third-order valence-corrected chi connectivity index (χ3v) is 3.92. The largest absolute Gasteiger partial charge is 0.468 e. The number of carbonyl (C=O) groups excluding carboxylic acids is 1. The van der Waals surface area contributed by atoms with Gasteiger partial charge < -0.3 is 4.74 Å². The molecule has 2 atom stereocenters. The maximum Gasteiger partial charge on any atom is 0.401 e. The van der Waals surface area contributed by atoms with Crippen LogP contribution >= 0.6 is 0 Å². The second kappa shape index (κ2) is 6.96. The Labute approximate surface area is 124 Å². The van der Waals surface area contributed by atoms with Crippen LogP contribution in [0, 0.1) is 0 Å². The molecule has 0 bridgehead atoms.